The van der Waals surface area contributed by atoms with Crippen LogP contribution in [-0.2, 0) is 9.59 Å². The van der Waals surface area contributed by atoms with Crippen LogP contribution in [0.25, 0.3) is 0 Å². The first kappa shape index (κ1) is 18.1. The van der Waals surface area contributed by atoms with Gasteiger partial charge in [0.2, 0.25) is 5.91 Å². The highest BCUT2D eigenvalue weighted by Crippen LogP contribution is 2.09. The summed E-state index contributed by atoms with van der Waals surface area (Å²) in [6.07, 6.45) is 12.5. The molecule has 1 rings (SSSR count). The molecule has 0 saturated carbocycles. The van der Waals surface area contributed by atoms with Gasteiger partial charge in [0.15, 0.2) is 0 Å². The standard InChI is InChI=1S/C17H32N2O2/c1-2-3-4-5-6-7-9-12-16(20)15-17(21)18-19-13-10-8-11-14-19/h2-15H2,1H3,(H,18,21). The lowest BCUT2D eigenvalue weighted by molar-refractivity contribution is -0.131. The van der Waals surface area contributed by atoms with Gasteiger partial charge in [-0.15, -0.1) is 0 Å². The first-order chi connectivity index (χ1) is 10.2. The Bertz CT molecular complexity index is 299. The van der Waals surface area contributed by atoms with Crippen molar-refractivity contribution in [2.45, 2.75) is 84.0 Å². The Kier molecular flexibility index (Phi) is 10.1. The highest BCUT2D eigenvalue weighted by molar-refractivity contribution is 5.97. The zero-order valence-electron chi connectivity index (χ0n) is 13.7. The van der Waals surface area contributed by atoms with Gasteiger partial charge >= 0.3 is 0 Å². The fourth-order valence-corrected chi connectivity index (χ4v) is 2.77. The first-order valence-electron chi connectivity index (χ1n) is 8.78. The van der Waals surface area contributed by atoms with E-state index in [9.17, 15) is 9.59 Å². The minimum Gasteiger partial charge on any atom is -0.299 e. The van der Waals surface area contributed by atoms with E-state index in [1.807, 2.05) is 5.01 Å². The second-order valence-corrected chi connectivity index (χ2v) is 6.17. The molecule has 0 aromatic rings. The number of amides is 1. The molecule has 1 aliphatic rings. The molecule has 1 saturated heterocycles. The van der Waals surface area contributed by atoms with E-state index in [1.165, 1.54) is 38.5 Å². The molecule has 0 bridgehead atoms. The van der Waals surface area contributed by atoms with Crippen LogP contribution in [0.15, 0.2) is 0 Å². The molecule has 21 heavy (non-hydrogen) atoms. The maximum atomic E-state index is 11.8. The predicted octanol–water partition coefficient (Wildman–Crippen LogP) is 3.60. The number of unbranched alkanes of at least 4 members (excludes halogenated alkanes) is 6. The highest BCUT2D eigenvalue weighted by atomic mass is 16.2. The van der Waals surface area contributed by atoms with Gasteiger partial charge in [-0.1, -0.05) is 51.9 Å². The molecule has 1 fully saturated rings. The maximum Gasteiger partial charge on any atom is 0.241 e. The molecular weight excluding hydrogens is 264 g/mol. The Labute approximate surface area is 129 Å². The van der Waals surface area contributed by atoms with E-state index in [-0.39, 0.29) is 18.1 Å². The molecule has 0 aliphatic carbocycles. The zero-order chi connectivity index (χ0) is 15.3. The molecule has 0 atom stereocenters. The molecule has 0 radical (unpaired) electrons. The highest BCUT2D eigenvalue weighted by Gasteiger charge is 2.14. The maximum absolute atomic E-state index is 11.8. The number of Topliss-reactive ketones (excluding diaryl/α,β-unsaturated/α-hetero) is 1. The van der Waals surface area contributed by atoms with Crippen LogP contribution < -0.4 is 5.43 Å². The van der Waals surface area contributed by atoms with E-state index in [0.717, 1.165) is 38.8 Å². The fourth-order valence-electron chi connectivity index (χ4n) is 2.77. The van der Waals surface area contributed by atoms with Crippen LogP contribution >= 0.6 is 0 Å². The van der Waals surface area contributed by atoms with Gasteiger partial charge in [-0.3, -0.25) is 15.0 Å². The summed E-state index contributed by atoms with van der Waals surface area (Å²) in [4.78, 5) is 23.5. The zero-order valence-corrected chi connectivity index (χ0v) is 13.7. The van der Waals surface area contributed by atoms with Crippen molar-refractivity contribution < 1.29 is 9.59 Å². The average Bonchev–Trinajstić information content (AvgIpc) is 2.47. The largest absolute Gasteiger partial charge is 0.299 e. The van der Waals surface area contributed by atoms with Gasteiger partial charge in [-0.25, -0.2) is 5.01 Å². The van der Waals surface area contributed by atoms with Crippen molar-refractivity contribution >= 4 is 11.7 Å². The number of piperidine rings is 1. The van der Waals surface area contributed by atoms with Crippen molar-refractivity contribution in [3.63, 3.8) is 0 Å². The van der Waals surface area contributed by atoms with Crippen molar-refractivity contribution in [3.05, 3.63) is 0 Å². The monoisotopic (exact) mass is 296 g/mol. The summed E-state index contributed by atoms with van der Waals surface area (Å²) in [5, 5.41) is 1.95. The molecule has 0 aromatic heterocycles. The minimum atomic E-state index is -0.134. The van der Waals surface area contributed by atoms with Gasteiger partial charge in [0.1, 0.15) is 5.78 Å². The van der Waals surface area contributed by atoms with Crippen LogP contribution in [0.3, 0.4) is 0 Å². The second-order valence-electron chi connectivity index (χ2n) is 6.17. The number of carbonyl (C=O) groups is 2. The van der Waals surface area contributed by atoms with E-state index < -0.39 is 0 Å². The van der Waals surface area contributed by atoms with E-state index in [2.05, 4.69) is 12.3 Å². The predicted molar refractivity (Wildman–Crippen MR) is 85.8 cm³/mol. The molecule has 0 spiro atoms. The third-order valence-electron chi connectivity index (χ3n) is 4.06. The SMILES string of the molecule is CCCCCCCCCC(=O)CC(=O)NN1CCCCC1. The summed E-state index contributed by atoms with van der Waals surface area (Å²) in [6, 6.07) is 0. The number of carbonyl (C=O) groups excluding carboxylic acids is 2. The van der Waals surface area contributed by atoms with Gasteiger partial charge in [0.25, 0.3) is 0 Å². The number of hydrazine groups is 1. The molecule has 0 aromatic carbocycles. The molecule has 4 nitrogen and oxygen atoms in total. The summed E-state index contributed by atoms with van der Waals surface area (Å²) >= 11 is 0. The Hall–Kier alpha value is -0.900. The molecule has 1 heterocycles. The van der Waals surface area contributed by atoms with Crippen molar-refractivity contribution in [2.24, 2.45) is 0 Å². The third-order valence-corrected chi connectivity index (χ3v) is 4.06. The molecule has 1 aliphatic heterocycles. The lowest BCUT2D eigenvalue weighted by Crippen LogP contribution is -2.45. The van der Waals surface area contributed by atoms with Crippen LogP contribution in [-0.4, -0.2) is 29.8 Å². The van der Waals surface area contributed by atoms with Crippen molar-refractivity contribution in [3.8, 4) is 0 Å². The Morgan fingerprint density at radius 1 is 0.905 bits per heavy atom. The van der Waals surface area contributed by atoms with E-state index >= 15 is 0 Å². The molecule has 122 valence electrons. The molecular formula is C17H32N2O2. The topological polar surface area (TPSA) is 49.4 Å². The number of nitrogens with one attached hydrogen (secondary N) is 1. The van der Waals surface area contributed by atoms with Crippen LogP contribution in [0.2, 0.25) is 0 Å². The fraction of sp³-hybridized carbons (Fsp3) is 0.882. The third kappa shape index (κ3) is 9.62. The smallest absolute Gasteiger partial charge is 0.241 e. The summed E-state index contributed by atoms with van der Waals surface area (Å²) in [7, 11) is 0. The normalized spacial score (nSPS) is 15.9. The van der Waals surface area contributed by atoms with Crippen molar-refractivity contribution in [2.75, 3.05) is 13.1 Å². The summed E-state index contributed by atoms with van der Waals surface area (Å²) in [5.41, 5.74) is 2.85. The molecule has 1 N–H and O–H groups in total. The number of rotatable bonds is 11. The molecule has 0 unspecified atom stereocenters. The van der Waals surface area contributed by atoms with E-state index in [0.29, 0.717) is 6.42 Å². The number of hydrogen-bond acceptors (Lipinski definition) is 3. The number of ketones is 1. The average molecular weight is 296 g/mol. The summed E-state index contributed by atoms with van der Waals surface area (Å²) in [6.45, 7) is 4.04. The van der Waals surface area contributed by atoms with Crippen LogP contribution in [0.1, 0.15) is 84.0 Å². The van der Waals surface area contributed by atoms with Crippen LogP contribution in [0.5, 0.6) is 0 Å². The van der Waals surface area contributed by atoms with Gasteiger partial charge in [-0.05, 0) is 19.3 Å². The van der Waals surface area contributed by atoms with Crippen LogP contribution in [0, 0.1) is 0 Å². The van der Waals surface area contributed by atoms with Gasteiger partial charge < -0.3 is 0 Å². The second kappa shape index (κ2) is 11.7. The lowest BCUT2D eigenvalue weighted by atomic mass is 10.1. The quantitative estimate of drug-likeness (QED) is 0.468. The number of hydrogen-bond donors (Lipinski definition) is 1. The minimum absolute atomic E-state index is 0.0480. The van der Waals surface area contributed by atoms with Crippen molar-refractivity contribution in [1.82, 2.24) is 10.4 Å². The van der Waals surface area contributed by atoms with Crippen LogP contribution in [0.4, 0.5) is 0 Å². The van der Waals surface area contributed by atoms with Gasteiger partial charge in [0.05, 0.1) is 6.42 Å². The molecule has 4 heteroatoms. The van der Waals surface area contributed by atoms with Gasteiger partial charge in [0, 0.05) is 19.5 Å². The Morgan fingerprint density at radius 3 is 2.19 bits per heavy atom. The summed E-state index contributed by atoms with van der Waals surface area (Å²) < 4.78 is 0. The molecule has 1 amide bonds. The Morgan fingerprint density at radius 2 is 1.52 bits per heavy atom. The first-order valence-corrected chi connectivity index (χ1v) is 8.78. The lowest BCUT2D eigenvalue weighted by Gasteiger charge is -2.26. The van der Waals surface area contributed by atoms with E-state index in [1.54, 1.807) is 0 Å². The Balaban J connectivity index is 1.98. The van der Waals surface area contributed by atoms with Gasteiger partial charge in [-0.2, -0.15) is 0 Å². The summed E-state index contributed by atoms with van der Waals surface area (Å²) in [5.74, 6) is -0.0529. The van der Waals surface area contributed by atoms with Crippen molar-refractivity contribution in [1.29, 1.82) is 0 Å². The number of nitrogens with zero attached hydrogens (tertiary/aromatic N) is 1. The van der Waals surface area contributed by atoms with E-state index in [4.69, 9.17) is 0 Å².